The van der Waals surface area contributed by atoms with Gasteiger partial charge in [-0.15, -0.1) is 11.8 Å². The summed E-state index contributed by atoms with van der Waals surface area (Å²) in [7, 11) is 0. The van der Waals surface area contributed by atoms with Crippen LogP contribution in [0.3, 0.4) is 0 Å². The lowest BCUT2D eigenvalue weighted by Gasteiger charge is -2.19. The molecule has 1 N–H and O–H groups in total. The molecule has 0 radical (unpaired) electrons. The molecule has 0 heterocycles. The van der Waals surface area contributed by atoms with Crippen molar-refractivity contribution in [1.29, 1.82) is 0 Å². The number of hydrogen-bond donors (Lipinski definition) is 1. The van der Waals surface area contributed by atoms with Crippen LogP contribution in [0.4, 0.5) is 0 Å². The average Bonchev–Trinajstić information content (AvgIpc) is 3.21. The summed E-state index contributed by atoms with van der Waals surface area (Å²) < 4.78 is 6.06. The Labute approximate surface area is 114 Å². The van der Waals surface area contributed by atoms with E-state index in [0.29, 0.717) is 6.10 Å². The van der Waals surface area contributed by atoms with Crippen molar-refractivity contribution in [2.75, 3.05) is 12.8 Å². The molecular formula is C15H23NOS. The van der Waals surface area contributed by atoms with E-state index >= 15 is 0 Å². The van der Waals surface area contributed by atoms with Crippen molar-refractivity contribution in [2.45, 2.75) is 49.6 Å². The first-order valence-corrected chi connectivity index (χ1v) is 8.08. The van der Waals surface area contributed by atoms with Crippen LogP contribution in [0, 0.1) is 0 Å². The molecule has 1 aromatic carbocycles. The fourth-order valence-corrected chi connectivity index (χ4v) is 2.37. The summed E-state index contributed by atoms with van der Waals surface area (Å²) in [5.41, 5.74) is 0. The fraction of sp³-hybridized carbons (Fsp3) is 0.600. The van der Waals surface area contributed by atoms with E-state index in [2.05, 4.69) is 42.8 Å². The van der Waals surface area contributed by atoms with E-state index in [-0.39, 0.29) is 0 Å². The summed E-state index contributed by atoms with van der Waals surface area (Å²) >= 11 is 1.76. The molecule has 2 rings (SSSR count). The van der Waals surface area contributed by atoms with Crippen LogP contribution in [-0.4, -0.2) is 24.9 Å². The van der Waals surface area contributed by atoms with Crippen molar-refractivity contribution in [3.05, 3.63) is 24.3 Å². The molecule has 0 saturated heterocycles. The van der Waals surface area contributed by atoms with Crippen LogP contribution in [0.25, 0.3) is 0 Å². The van der Waals surface area contributed by atoms with Crippen molar-refractivity contribution >= 4 is 11.8 Å². The van der Waals surface area contributed by atoms with Gasteiger partial charge in [-0.25, -0.2) is 0 Å². The van der Waals surface area contributed by atoms with E-state index in [4.69, 9.17) is 4.74 Å². The predicted octanol–water partition coefficient (Wildman–Crippen LogP) is 3.71. The Morgan fingerprint density at radius 3 is 2.61 bits per heavy atom. The third-order valence-corrected chi connectivity index (χ3v) is 3.93. The zero-order chi connectivity index (χ0) is 12.8. The molecule has 1 aliphatic rings. The van der Waals surface area contributed by atoms with Gasteiger partial charge in [-0.2, -0.15) is 0 Å². The maximum absolute atomic E-state index is 6.06. The van der Waals surface area contributed by atoms with E-state index in [0.717, 1.165) is 24.8 Å². The third kappa shape index (κ3) is 4.54. The molecule has 1 saturated carbocycles. The summed E-state index contributed by atoms with van der Waals surface area (Å²) in [6, 6.07) is 9.15. The summed E-state index contributed by atoms with van der Waals surface area (Å²) in [5.74, 6) is 0.990. The third-order valence-electron chi connectivity index (χ3n) is 3.18. The van der Waals surface area contributed by atoms with Gasteiger partial charge in [0.25, 0.3) is 0 Å². The van der Waals surface area contributed by atoms with Crippen molar-refractivity contribution in [2.24, 2.45) is 0 Å². The molecular weight excluding hydrogens is 242 g/mol. The molecule has 2 nitrogen and oxygen atoms in total. The number of nitrogens with one attached hydrogen (secondary N) is 1. The van der Waals surface area contributed by atoms with E-state index < -0.39 is 0 Å². The van der Waals surface area contributed by atoms with Crippen LogP contribution in [-0.2, 0) is 0 Å². The quantitative estimate of drug-likeness (QED) is 0.724. The summed E-state index contributed by atoms with van der Waals surface area (Å²) in [4.78, 5) is 1.28. The Morgan fingerprint density at radius 1 is 1.33 bits per heavy atom. The number of ether oxygens (including phenoxy) is 1. The van der Waals surface area contributed by atoms with Crippen LogP contribution >= 0.6 is 11.8 Å². The van der Waals surface area contributed by atoms with Gasteiger partial charge < -0.3 is 10.1 Å². The lowest BCUT2D eigenvalue weighted by atomic mass is 10.2. The van der Waals surface area contributed by atoms with Crippen molar-refractivity contribution < 1.29 is 4.74 Å². The van der Waals surface area contributed by atoms with Crippen molar-refractivity contribution in [3.63, 3.8) is 0 Å². The molecule has 3 heteroatoms. The Kier molecular flexibility index (Phi) is 5.39. The van der Waals surface area contributed by atoms with Gasteiger partial charge in [-0.1, -0.05) is 13.3 Å². The molecule has 1 aliphatic carbocycles. The highest BCUT2D eigenvalue weighted by molar-refractivity contribution is 7.98. The minimum Gasteiger partial charge on any atom is -0.489 e. The first-order chi connectivity index (χ1) is 8.81. The van der Waals surface area contributed by atoms with Gasteiger partial charge in [0.1, 0.15) is 11.9 Å². The molecule has 0 aliphatic heterocycles. The first-order valence-electron chi connectivity index (χ1n) is 6.86. The monoisotopic (exact) mass is 265 g/mol. The molecule has 0 bridgehead atoms. The minimum absolute atomic E-state index is 0.302. The maximum atomic E-state index is 6.06. The summed E-state index contributed by atoms with van der Waals surface area (Å²) in [6.07, 6.45) is 7.35. The Morgan fingerprint density at radius 2 is 2.06 bits per heavy atom. The Hall–Kier alpha value is -0.670. The Balaban J connectivity index is 1.84. The SMILES string of the molecule is CCCC(CNC1CC1)Oc1ccc(SC)cc1. The molecule has 1 unspecified atom stereocenters. The second-order valence-electron chi connectivity index (χ2n) is 4.89. The smallest absolute Gasteiger partial charge is 0.119 e. The van der Waals surface area contributed by atoms with Gasteiger partial charge >= 0.3 is 0 Å². The zero-order valence-electron chi connectivity index (χ0n) is 11.3. The molecule has 0 aromatic heterocycles. The van der Waals surface area contributed by atoms with Gasteiger partial charge in [-0.3, -0.25) is 0 Å². The van der Waals surface area contributed by atoms with Crippen LogP contribution in [0.5, 0.6) is 5.75 Å². The van der Waals surface area contributed by atoms with E-state index in [1.807, 2.05) is 0 Å². The van der Waals surface area contributed by atoms with Crippen molar-refractivity contribution in [1.82, 2.24) is 5.32 Å². The van der Waals surface area contributed by atoms with Crippen LogP contribution < -0.4 is 10.1 Å². The highest BCUT2D eigenvalue weighted by atomic mass is 32.2. The van der Waals surface area contributed by atoms with Crippen LogP contribution in [0.15, 0.2) is 29.2 Å². The standard InChI is InChI=1S/C15H23NOS/c1-3-4-14(11-16-12-5-6-12)17-13-7-9-15(18-2)10-8-13/h7-10,12,14,16H,3-6,11H2,1-2H3. The molecule has 0 amide bonds. The van der Waals surface area contributed by atoms with E-state index in [1.54, 1.807) is 11.8 Å². The highest BCUT2D eigenvalue weighted by Gasteiger charge is 2.22. The van der Waals surface area contributed by atoms with Gasteiger partial charge in [0.15, 0.2) is 0 Å². The number of rotatable bonds is 8. The summed E-state index contributed by atoms with van der Waals surface area (Å²) in [5, 5.41) is 3.56. The number of thioether (sulfide) groups is 1. The second-order valence-corrected chi connectivity index (χ2v) is 5.77. The molecule has 1 atom stereocenters. The molecule has 1 aromatic rings. The molecule has 100 valence electrons. The molecule has 0 spiro atoms. The van der Waals surface area contributed by atoms with Crippen LogP contribution in [0.2, 0.25) is 0 Å². The first kappa shape index (κ1) is 13.8. The van der Waals surface area contributed by atoms with Gasteiger partial charge in [0.05, 0.1) is 0 Å². The highest BCUT2D eigenvalue weighted by Crippen LogP contribution is 2.22. The normalized spacial score (nSPS) is 16.6. The van der Waals surface area contributed by atoms with Gasteiger partial charge in [0.2, 0.25) is 0 Å². The zero-order valence-corrected chi connectivity index (χ0v) is 12.1. The van der Waals surface area contributed by atoms with Gasteiger partial charge in [0, 0.05) is 17.5 Å². The van der Waals surface area contributed by atoms with Crippen LogP contribution in [0.1, 0.15) is 32.6 Å². The van der Waals surface area contributed by atoms with E-state index in [9.17, 15) is 0 Å². The number of hydrogen-bond acceptors (Lipinski definition) is 3. The van der Waals surface area contributed by atoms with Crippen molar-refractivity contribution in [3.8, 4) is 5.75 Å². The topological polar surface area (TPSA) is 21.3 Å². The number of benzene rings is 1. The minimum atomic E-state index is 0.302. The maximum Gasteiger partial charge on any atom is 0.119 e. The average molecular weight is 265 g/mol. The predicted molar refractivity (Wildman–Crippen MR) is 78.6 cm³/mol. The largest absolute Gasteiger partial charge is 0.489 e. The van der Waals surface area contributed by atoms with Gasteiger partial charge in [-0.05, 0) is 49.8 Å². The Bertz CT molecular complexity index is 348. The second kappa shape index (κ2) is 7.05. The lowest BCUT2D eigenvalue weighted by molar-refractivity contribution is 0.186. The lowest BCUT2D eigenvalue weighted by Crippen LogP contribution is -2.32. The molecule has 18 heavy (non-hydrogen) atoms. The summed E-state index contributed by atoms with van der Waals surface area (Å²) in [6.45, 7) is 3.19. The molecule has 1 fully saturated rings. The fourth-order valence-electron chi connectivity index (χ4n) is 1.96. The van der Waals surface area contributed by atoms with E-state index in [1.165, 1.54) is 24.2 Å².